The Balaban J connectivity index is 2.50. The van der Waals surface area contributed by atoms with Gasteiger partial charge in [0.2, 0.25) is 0 Å². The molecule has 1 rings (SSSR count). The van der Waals surface area contributed by atoms with Crippen LogP contribution in [0.15, 0.2) is 12.3 Å². The molecule has 0 saturated heterocycles. The fourth-order valence-electron chi connectivity index (χ4n) is 1.25. The molecule has 4 heteroatoms. The molecule has 0 aliphatic heterocycles. The van der Waals surface area contributed by atoms with Crippen molar-refractivity contribution in [3.63, 3.8) is 0 Å². The zero-order chi connectivity index (χ0) is 11.3. The molecule has 1 aromatic rings. The molecule has 0 fully saturated rings. The molecular weight excluding hydrogens is 206 g/mol. The van der Waals surface area contributed by atoms with Gasteiger partial charge in [-0.05, 0) is 33.1 Å². The first-order valence-electron chi connectivity index (χ1n) is 5.27. The van der Waals surface area contributed by atoms with Crippen LogP contribution in [-0.4, -0.2) is 27.3 Å². The molecule has 0 aliphatic rings. The summed E-state index contributed by atoms with van der Waals surface area (Å²) in [4.78, 5) is 0. The lowest BCUT2D eigenvalue weighted by atomic mass is 10.1. The van der Waals surface area contributed by atoms with Gasteiger partial charge in [-0.3, -0.25) is 4.68 Å². The number of nitrogens with zero attached hydrogens (tertiary/aromatic N) is 2. The average molecular weight is 227 g/mol. The van der Waals surface area contributed by atoms with Crippen molar-refractivity contribution in [3.05, 3.63) is 18.0 Å². The van der Waals surface area contributed by atoms with Crippen LogP contribution < -0.4 is 5.32 Å². The summed E-state index contributed by atoms with van der Waals surface area (Å²) in [5.41, 5.74) is 1.42. The Labute approximate surface area is 96.6 Å². The lowest BCUT2D eigenvalue weighted by Gasteiger charge is -2.20. The van der Waals surface area contributed by atoms with Crippen molar-refractivity contribution < 1.29 is 0 Å². The first-order chi connectivity index (χ1) is 7.03. The Hall–Kier alpha value is -0.480. The number of hydrogen-bond donors (Lipinski definition) is 1. The lowest BCUT2D eigenvalue weighted by Crippen LogP contribution is -2.35. The molecule has 3 nitrogen and oxygen atoms in total. The summed E-state index contributed by atoms with van der Waals surface area (Å²) in [6, 6.07) is 2.08. The molecule has 15 heavy (non-hydrogen) atoms. The minimum Gasteiger partial charge on any atom is -0.306 e. The smallest absolute Gasteiger partial charge is 0.0522 e. The summed E-state index contributed by atoms with van der Waals surface area (Å²) in [6.07, 6.45) is 4.00. The summed E-state index contributed by atoms with van der Waals surface area (Å²) >= 11 is 1.85. The van der Waals surface area contributed by atoms with Gasteiger partial charge in [0.15, 0.2) is 0 Å². The molecule has 0 unspecified atom stereocenters. The summed E-state index contributed by atoms with van der Waals surface area (Å²) in [5, 5.41) is 7.79. The van der Waals surface area contributed by atoms with Gasteiger partial charge in [-0.1, -0.05) is 0 Å². The molecule has 0 saturated carbocycles. The Morgan fingerprint density at radius 2 is 2.20 bits per heavy atom. The van der Waals surface area contributed by atoms with E-state index in [0.717, 1.165) is 18.8 Å². The van der Waals surface area contributed by atoms with Gasteiger partial charge in [0.1, 0.15) is 0 Å². The monoisotopic (exact) mass is 227 g/mol. The van der Waals surface area contributed by atoms with Gasteiger partial charge in [-0.2, -0.15) is 16.9 Å². The average Bonchev–Trinajstić information content (AvgIpc) is 2.57. The Morgan fingerprint density at radius 3 is 2.80 bits per heavy atom. The molecule has 0 spiro atoms. The molecule has 0 atom stereocenters. The molecule has 0 amide bonds. The van der Waals surface area contributed by atoms with Crippen LogP contribution in [0.25, 0.3) is 0 Å². The van der Waals surface area contributed by atoms with E-state index >= 15 is 0 Å². The van der Waals surface area contributed by atoms with Gasteiger partial charge in [0.25, 0.3) is 0 Å². The second kappa shape index (κ2) is 5.56. The number of aryl methyl sites for hydroxylation is 1. The number of hydrogen-bond acceptors (Lipinski definition) is 3. The predicted octanol–water partition coefficient (Wildman–Crippen LogP) is 2.13. The third-order valence-corrected chi connectivity index (χ3v) is 2.70. The summed E-state index contributed by atoms with van der Waals surface area (Å²) < 4.78 is 2.08. The largest absolute Gasteiger partial charge is 0.306 e. The highest BCUT2D eigenvalue weighted by atomic mass is 32.2. The van der Waals surface area contributed by atoms with Gasteiger partial charge < -0.3 is 5.32 Å². The Bertz CT molecular complexity index is 288. The van der Waals surface area contributed by atoms with Crippen molar-refractivity contribution in [2.75, 3.05) is 12.0 Å². The van der Waals surface area contributed by atoms with E-state index < -0.39 is 0 Å². The lowest BCUT2D eigenvalue weighted by molar-refractivity contribution is 0.413. The molecular formula is C11H21N3S. The van der Waals surface area contributed by atoms with E-state index in [4.69, 9.17) is 0 Å². The van der Waals surface area contributed by atoms with Crippen LogP contribution in [0.3, 0.4) is 0 Å². The van der Waals surface area contributed by atoms with Gasteiger partial charge in [-0.25, -0.2) is 0 Å². The second-order valence-electron chi connectivity index (χ2n) is 4.64. The topological polar surface area (TPSA) is 29.9 Å². The molecule has 0 aromatic carbocycles. The third-order valence-electron chi connectivity index (χ3n) is 2.11. The second-order valence-corrected chi connectivity index (χ2v) is 5.63. The highest BCUT2D eigenvalue weighted by Gasteiger charge is 2.10. The Kier molecular flexibility index (Phi) is 4.67. The van der Waals surface area contributed by atoms with E-state index in [9.17, 15) is 0 Å². The van der Waals surface area contributed by atoms with Gasteiger partial charge in [-0.15, -0.1) is 0 Å². The van der Waals surface area contributed by atoms with Crippen molar-refractivity contribution in [1.82, 2.24) is 15.1 Å². The number of thioether (sulfide) groups is 1. The summed E-state index contributed by atoms with van der Waals surface area (Å²) in [5.74, 6) is 1.12. The molecule has 0 aliphatic carbocycles. The molecule has 1 N–H and O–H groups in total. The van der Waals surface area contributed by atoms with E-state index in [1.54, 1.807) is 0 Å². The number of rotatable bonds is 5. The van der Waals surface area contributed by atoms with Crippen LogP contribution in [-0.2, 0) is 13.1 Å². The highest BCUT2D eigenvalue weighted by molar-refractivity contribution is 7.98. The highest BCUT2D eigenvalue weighted by Crippen LogP contribution is 2.05. The van der Waals surface area contributed by atoms with Crippen molar-refractivity contribution in [3.8, 4) is 0 Å². The van der Waals surface area contributed by atoms with Crippen LogP contribution in [0, 0.1) is 0 Å². The van der Waals surface area contributed by atoms with Crippen LogP contribution in [0.4, 0.5) is 0 Å². The first-order valence-corrected chi connectivity index (χ1v) is 6.67. The molecule has 1 heterocycles. The van der Waals surface area contributed by atoms with Gasteiger partial charge in [0.05, 0.1) is 12.2 Å². The minimum absolute atomic E-state index is 0.161. The maximum Gasteiger partial charge on any atom is 0.0522 e. The van der Waals surface area contributed by atoms with Crippen molar-refractivity contribution >= 4 is 11.8 Å². The fourth-order valence-corrected chi connectivity index (χ4v) is 1.60. The van der Waals surface area contributed by atoms with E-state index in [-0.39, 0.29) is 5.54 Å². The minimum atomic E-state index is 0.161. The zero-order valence-corrected chi connectivity index (χ0v) is 10.9. The molecule has 0 bridgehead atoms. The van der Waals surface area contributed by atoms with E-state index in [2.05, 4.69) is 48.2 Å². The SMILES string of the molecule is CSCCn1nccc1CNC(C)(C)C. The fraction of sp³-hybridized carbons (Fsp3) is 0.727. The van der Waals surface area contributed by atoms with E-state index in [1.807, 2.05) is 18.0 Å². The van der Waals surface area contributed by atoms with Crippen LogP contribution in [0.2, 0.25) is 0 Å². The quantitative estimate of drug-likeness (QED) is 0.836. The number of aromatic nitrogens is 2. The standard InChI is InChI=1S/C11H21N3S/c1-11(2,3)12-9-10-5-6-13-14(10)7-8-15-4/h5-6,12H,7-9H2,1-4H3. The summed E-state index contributed by atoms with van der Waals surface area (Å²) in [6.45, 7) is 8.41. The number of nitrogens with one attached hydrogen (secondary N) is 1. The van der Waals surface area contributed by atoms with Crippen molar-refractivity contribution in [1.29, 1.82) is 0 Å². The maximum absolute atomic E-state index is 4.32. The molecule has 86 valence electrons. The normalized spacial score (nSPS) is 12.0. The third kappa shape index (κ3) is 4.71. The van der Waals surface area contributed by atoms with Gasteiger partial charge in [0, 0.05) is 24.0 Å². The Morgan fingerprint density at radius 1 is 1.47 bits per heavy atom. The van der Waals surface area contributed by atoms with Crippen molar-refractivity contribution in [2.45, 2.75) is 39.4 Å². The maximum atomic E-state index is 4.32. The zero-order valence-electron chi connectivity index (χ0n) is 10.1. The van der Waals surface area contributed by atoms with Gasteiger partial charge >= 0.3 is 0 Å². The van der Waals surface area contributed by atoms with Crippen LogP contribution >= 0.6 is 11.8 Å². The summed E-state index contributed by atoms with van der Waals surface area (Å²) in [7, 11) is 0. The van der Waals surface area contributed by atoms with Crippen LogP contribution in [0.5, 0.6) is 0 Å². The van der Waals surface area contributed by atoms with Crippen molar-refractivity contribution in [2.24, 2.45) is 0 Å². The predicted molar refractivity (Wildman–Crippen MR) is 67.2 cm³/mol. The molecule has 0 radical (unpaired) electrons. The van der Waals surface area contributed by atoms with Crippen LogP contribution in [0.1, 0.15) is 26.5 Å². The first kappa shape index (κ1) is 12.6. The molecule has 1 aromatic heterocycles. The van der Waals surface area contributed by atoms with E-state index in [1.165, 1.54) is 5.69 Å². The van der Waals surface area contributed by atoms with E-state index in [0.29, 0.717) is 0 Å².